The van der Waals surface area contributed by atoms with E-state index in [1.54, 1.807) is 6.07 Å². The number of hydrogen-bond acceptors (Lipinski definition) is 2. The highest BCUT2D eigenvalue weighted by Gasteiger charge is 1.95. The number of amidine groups is 1. The highest BCUT2D eigenvalue weighted by Crippen LogP contribution is 2.17. The zero-order chi connectivity index (χ0) is 11.1. The number of nitrogens with one attached hydrogen (secondary N) is 1. The number of benzene rings is 1. The van der Waals surface area contributed by atoms with E-state index < -0.39 is 0 Å². The van der Waals surface area contributed by atoms with E-state index in [4.69, 9.17) is 27.5 Å². The molecular weight excluding hydrogens is 212 g/mol. The van der Waals surface area contributed by atoms with E-state index in [9.17, 15) is 0 Å². The van der Waals surface area contributed by atoms with Crippen molar-refractivity contribution in [2.24, 2.45) is 5.73 Å². The van der Waals surface area contributed by atoms with Crippen LogP contribution in [0, 0.1) is 5.41 Å². The molecule has 82 valence electrons. The fourth-order valence-corrected chi connectivity index (χ4v) is 1.34. The average Bonchev–Trinajstić information content (AvgIpc) is 2.17. The second-order valence-electron chi connectivity index (χ2n) is 3.29. The maximum absolute atomic E-state index is 7.04. The third-order valence-electron chi connectivity index (χ3n) is 1.91. The van der Waals surface area contributed by atoms with E-state index in [0.717, 1.165) is 18.6 Å². The standard InChI is InChI=1S/C11H15ClN2O/c12-9-4-3-5-10(8-9)15-7-2-1-6-11(13)14/h3-5,8H,1-2,6-7H2,(H3,13,14). The minimum Gasteiger partial charge on any atom is -0.494 e. The summed E-state index contributed by atoms with van der Waals surface area (Å²) in [4.78, 5) is 0. The summed E-state index contributed by atoms with van der Waals surface area (Å²) in [6.07, 6.45) is 2.42. The van der Waals surface area contributed by atoms with Gasteiger partial charge in [0.25, 0.3) is 0 Å². The van der Waals surface area contributed by atoms with Crippen LogP contribution in [0.4, 0.5) is 0 Å². The van der Waals surface area contributed by atoms with Crippen molar-refractivity contribution in [3.05, 3.63) is 29.3 Å². The highest BCUT2D eigenvalue weighted by atomic mass is 35.5. The van der Waals surface area contributed by atoms with Crippen LogP contribution in [0.2, 0.25) is 5.02 Å². The lowest BCUT2D eigenvalue weighted by Gasteiger charge is -2.05. The summed E-state index contributed by atoms with van der Waals surface area (Å²) < 4.78 is 5.47. The molecule has 1 aromatic rings. The number of ether oxygens (including phenoxy) is 1. The van der Waals surface area contributed by atoms with Crippen molar-refractivity contribution in [1.29, 1.82) is 5.41 Å². The summed E-state index contributed by atoms with van der Waals surface area (Å²) >= 11 is 5.80. The van der Waals surface area contributed by atoms with Gasteiger partial charge in [-0.3, -0.25) is 5.41 Å². The topological polar surface area (TPSA) is 59.1 Å². The minimum absolute atomic E-state index is 0.234. The Bertz CT molecular complexity index is 328. The fraction of sp³-hybridized carbons (Fsp3) is 0.364. The van der Waals surface area contributed by atoms with Crippen LogP contribution in [0.5, 0.6) is 5.75 Å². The summed E-state index contributed by atoms with van der Waals surface area (Å²) in [5, 5.41) is 7.72. The molecule has 0 saturated heterocycles. The van der Waals surface area contributed by atoms with Crippen LogP contribution in [-0.2, 0) is 0 Å². The van der Waals surface area contributed by atoms with Gasteiger partial charge in [0.05, 0.1) is 12.4 Å². The van der Waals surface area contributed by atoms with Gasteiger partial charge in [-0.05, 0) is 31.0 Å². The van der Waals surface area contributed by atoms with Gasteiger partial charge < -0.3 is 10.5 Å². The number of unbranched alkanes of at least 4 members (excludes halogenated alkanes) is 1. The van der Waals surface area contributed by atoms with Gasteiger partial charge in [-0.2, -0.15) is 0 Å². The molecule has 1 rings (SSSR count). The minimum atomic E-state index is 0.234. The molecule has 0 heterocycles. The molecule has 0 bridgehead atoms. The summed E-state index contributed by atoms with van der Waals surface area (Å²) in [6.45, 7) is 0.633. The molecular formula is C11H15ClN2O. The summed E-state index contributed by atoms with van der Waals surface area (Å²) in [7, 11) is 0. The Morgan fingerprint density at radius 1 is 1.40 bits per heavy atom. The molecule has 0 amide bonds. The van der Waals surface area contributed by atoms with E-state index in [1.807, 2.05) is 18.2 Å². The Morgan fingerprint density at radius 2 is 2.20 bits per heavy atom. The Kier molecular flexibility index (Phi) is 4.98. The summed E-state index contributed by atoms with van der Waals surface area (Å²) in [5.41, 5.74) is 5.23. The van der Waals surface area contributed by atoms with Gasteiger partial charge in [-0.15, -0.1) is 0 Å². The van der Waals surface area contributed by atoms with E-state index in [2.05, 4.69) is 0 Å². The van der Waals surface area contributed by atoms with E-state index in [0.29, 0.717) is 18.1 Å². The molecule has 1 aromatic carbocycles. The molecule has 0 radical (unpaired) electrons. The largest absolute Gasteiger partial charge is 0.494 e. The number of nitrogens with two attached hydrogens (primary N) is 1. The molecule has 0 spiro atoms. The van der Waals surface area contributed by atoms with Gasteiger partial charge in [-0.25, -0.2) is 0 Å². The Balaban J connectivity index is 2.17. The first kappa shape index (κ1) is 11.9. The third-order valence-corrected chi connectivity index (χ3v) is 2.14. The van der Waals surface area contributed by atoms with Crippen LogP contribution in [-0.4, -0.2) is 12.4 Å². The first-order valence-corrected chi connectivity index (χ1v) is 5.27. The molecule has 0 aliphatic rings. The molecule has 0 aromatic heterocycles. The molecule has 15 heavy (non-hydrogen) atoms. The van der Waals surface area contributed by atoms with E-state index >= 15 is 0 Å². The van der Waals surface area contributed by atoms with Gasteiger partial charge in [0.1, 0.15) is 5.75 Å². The van der Waals surface area contributed by atoms with Crippen LogP contribution >= 0.6 is 11.6 Å². The van der Waals surface area contributed by atoms with Crippen molar-refractivity contribution in [2.75, 3.05) is 6.61 Å². The van der Waals surface area contributed by atoms with Crippen LogP contribution < -0.4 is 10.5 Å². The van der Waals surface area contributed by atoms with Crippen molar-refractivity contribution < 1.29 is 4.74 Å². The zero-order valence-corrected chi connectivity index (χ0v) is 9.26. The second-order valence-corrected chi connectivity index (χ2v) is 3.72. The van der Waals surface area contributed by atoms with Gasteiger partial charge >= 0.3 is 0 Å². The smallest absolute Gasteiger partial charge is 0.120 e. The fourth-order valence-electron chi connectivity index (χ4n) is 1.16. The highest BCUT2D eigenvalue weighted by molar-refractivity contribution is 6.30. The first-order chi connectivity index (χ1) is 7.18. The van der Waals surface area contributed by atoms with Gasteiger partial charge in [-0.1, -0.05) is 17.7 Å². The van der Waals surface area contributed by atoms with Crippen molar-refractivity contribution in [1.82, 2.24) is 0 Å². The molecule has 3 N–H and O–H groups in total. The SMILES string of the molecule is N=C(N)CCCCOc1cccc(Cl)c1. The molecule has 0 aliphatic heterocycles. The van der Waals surface area contributed by atoms with Crippen molar-refractivity contribution >= 4 is 17.4 Å². The van der Waals surface area contributed by atoms with Gasteiger partial charge in [0.2, 0.25) is 0 Å². The Hall–Kier alpha value is -1.22. The van der Waals surface area contributed by atoms with Crippen molar-refractivity contribution in [3.8, 4) is 5.75 Å². The number of rotatable bonds is 6. The molecule has 0 aliphatic carbocycles. The maximum Gasteiger partial charge on any atom is 0.120 e. The van der Waals surface area contributed by atoms with Crippen molar-refractivity contribution in [2.45, 2.75) is 19.3 Å². The van der Waals surface area contributed by atoms with Gasteiger partial charge in [0.15, 0.2) is 0 Å². The summed E-state index contributed by atoms with van der Waals surface area (Å²) in [5.74, 6) is 1.02. The lowest BCUT2D eigenvalue weighted by Crippen LogP contribution is -2.09. The second kappa shape index (κ2) is 6.30. The number of halogens is 1. The van der Waals surface area contributed by atoms with E-state index in [-0.39, 0.29) is 5.84 Å². The lowest BCUT2D eigenvalue weighted by atomic mass is 10.2. The Morgan fingerprint density at radius 3 is 2.87 bits per heavy atom. The molecule has 0 unspecified atom stereocenters. The lowest BCUT2D eigenvalue weighted by molar-refractivity contribution is 0.308. The normalized spacial score (nSPS) is 9.93. The maximum atomic E-state index is 7.04. The summed E-state index contributed by atoms with van der Waals surface area (Å²) in [6, 6.07) is 7.32. The molecule has 3 nitrogen and oxygen atoms in total. The van der Waals surface area contributed by atoms with Crippen LogP contribution in [0.15, 0.2) is 24.3 Å². The monoisotopic (exact) mass is 226 g/mol. The van der Waals surface area contributed by atoms with Gasteiger partial charge in [0, 0.05) is 11.4 Å². The average molecular weight is 227 g/mol. The molecule has 0 atom stereocenters. The quantitative estimate of drug-likeness (QED) is 0.445. The predicted octanol–water partition coefficient (Wildman–Crippen LogP) is 2.83. The molecule has 0 fully saturated rings. The third kappa shape index (κ3) is 5.27. The van der Waals surface area contributed by atoms with E-state index in [1.165, 1.54) is 0 Å². The van der Waals surface area contributed by atoms with Crippen molar-refractivity contribution in [3.63, 3.8) is 0 Å². The van der Waals surface area contributed by atoms with Crippen LogP contribution in [0.1, 0.15) is 19.3 Å². The first-order valence-electron chi connectivity index (χ1n) is 4.90. The Labute approximate surface area is 94.7 Å². The molecule has 0 saturated carbocycles. The molecule has 4 heteroatoms. The zero-order valence-electron chi connectivity index (χ0n) is 8.50. The van der Waals surface area contributed by atoms with Crippen LogP contribution in [0.3, 0.4) is 0 Å². The van der Waals surface area contributed by atoms with Crippen LogP contribution in [0.25, 0.3) is 0 Å². The predicted molar refractivity (Wildman–Crippen MR) is 62.7 cm³/mol. The number of hydrogen-bond donors (Lipinski definition) is 2.